The predicted molar refractivity (Wildman–Crippen MR) is 57.9 cm³/mol. The Morgan fingerprint density at radius 3 is 2.31 bits per heavy atom. The van der Waals surface area contributed by atoms with Gasteiger partial charge in [-0.05, 0) is 13.8 Å². The van der Waals surface area contributed by atoms with E-state index in [1.54, 1.807) is 13.8 Å². The fraction of sp³-hybridized carbons (Fsp3) is 0.889. The van der Waals surface area contributed by atoms with E-state index in [9.17, 15) is 18.3 Å². The van der Waals surface area contributed by atoms with Crippen LogP contribution >= 0.6 is 0 Å². The lowest BCUT2D eigenvalue weighted by atomic mass is 10.1. The van der Waals surface area contributed by atoms with Crippen molar-refractivity contribution < 1.29 is 23.4 Å². The van der Waals surface area contributed by atoms with E-state index in [0.717, 1.165) is 0 Å². The van der Waals surface area contributed by atoms with Crippen LogP contribution in [0.5, 0.6) is 0 Å². The Kier molecular flexibility index (Phi) is 3.92. The van der Waals surface area contributed by atoms with Gasteiger partial charge in [0.2, 0.25) is 0 Å². The lowest BCUT2D eigenvalue weighted by molar-refractivity contribution is -0.139. The van der Waals surface area contributed by atoms with Crippen molar-refractivity contribution >= 4 is 15.8 Å². The minimum absolute atomic E-state index is 0.121. The van der Waals surface area contributed by atoms with Gasteiger partial charge < -0.3 is 10.2 Å². The number of carboxylic acid groups (broad SMARTS) is 1. The maximum atomic E-state index is 11.3. The molecule has 94 valence electrons. The van der Waals surface area contributed by atoms with Crippen LogP contribution in [0.25, 0.3) is 0 Å². The van der Waals surface area contributed by atoms with Crippen LogP contribution in [0.1, 0.15) is 13.8 Å². The minimum Gasteiger partial charge on any atom is -0.480 e. The summed E-state index contributed by atoms with van der Waals surface area (Å²) in [5.74, 6) is -1.47. The molecule has 1 aliphatic rings. The second-order valence-corrected chi connectivity index (χ2v) is 6.53. The first-order chi connectivity index (χ1) is 7.23. The highest BCUT2D eigenvalue weighted by atomic mass is 32.2. The van der Waals surface area contributed by atoms with E-state index in [1.165, 1.54) is 4.90 Å². The van der Waals surface area contributed by atoms with Gasteiger partial charge in [-0.2, -0.15) is 0 Å². The van der Waals surface area contributed by atoms with Crippen molar-refractivity contribution in [2.45, 2.75) is 32.0 Å². The number of hydrogen-bond donors (Lipinski definition) is 2. The van der Waals surface area contributed by atoms with Gasteiger partial charge in [0.05, 0.1) is 30.2 Å². The van der Waals surface area contributed by atoms with Crippen molar-refractivity contribution in [1.29, 1.82) is 0 Å². The average Bonchev–Trinajstić information content (AvgIpc) is 2.34. The van der Waals surface area contributed by atoms with Crippen LogP contribution in [0.3, 0.4) is 0 Å². The Labute approximate surface area is 94.8 Å². The van der Waals surface area contributed by atoms with Gasteiger partial charge in [-0.25, -0.2) is 8.42 Å². The number of hydrogen-bond acceptors (Lipinski definition) is 5. The number of rotatable bonds is 4. The molecule has 1 fully saturated rings. The number of carbonyl (C=O) groups is 1. The Morgan fingerprint density at radius 1 is 1.44 bits per heavy atom. The van der Waals surface area contributed by atoms with Crippen molar-refractivity contribution in [3.63, 3.8) is 0 Å². The summed E-state index contributed by atoms with van der Waals surface area (Å²) in [6.07, 6.45) is -0.994. The maximum absolute atomic E-state index is 11.3. The third-order valence-electron chi connectivity index (χ3n) is 2.70. The third-order valence-corrected chi connectivity index (χ3v) is 4.40. The highest BCUT2D eigenvalue weighted by molar-refractivity contribution is 7.91. The molecule has 0 saturated carbocycles. The van der Waals surface area contributed by atoms with Crippen molar-refractivity contribution in [2.75, 3.05) is 18.1 Å². The van der Waals surface area contributed by atoms with Gasteiger partial charge in [0.15, 0.2) is 9.84 Å². The highest BCUT2D eigenvalue weighted by Gasteiger charge is 2.41. The molecule has 2 atom stereocenters. The van der Waals surface area contributed by atoms with Crippen molar-refractivity contribution in [3.05, 3.63) is 0 Å². The maximum Gasteiger partial charge on any atom is 0.317 e. The fourth-order valence-corrected chi connectivity index (χ4v) is 3.78. The summed E-state index contributed by atoms with van der Waals surface area (Å²) in [5, 5.41) is 18.4. The van der Waals surface area contributed by atoms with E-state index < -0.39 is 28.0 Å². The first kappa shape index (κ1) is 13.4. The summed E-state index contributed by atoms with van der Waals surface area (Å²) >= 11 is 0. The Morgan fingerprint density at radius 2 is 2.00 bits per heavy atom. The number of aliphatic carboxylic acids is 1. The van der Waals surface area contributed by atoms with Crippen LogP contribution in [0.2, 0.25) is 0 Å². The molecule has 0 aromatic rings. The summed E-state index contributed by atoms with van der Waals surface area (Å²) in [4.78, 5) is 12.2. The summed E-state index contributed by atoms with van der Waals surface area (Å²) in [6, 6.07) is -0.731. The summed E-state index contributed by atoms with van der Waals surface area (Å²) < 4.78 is 22.7. The van der Waals surface area contributed by atoms with Crippen LogP contribution in [-0.2, 0) is 14.6 Å². The summed E-state index contributed by atoms with van der Waals surface area (Å²) in [6.45, 7) is 3.30. The van der Waals surface area contributed by atoms with Crippen LogP contribution in [-0.4, -0.2) is 65.7 Å². The molecule has 1 saturated heterocycles. The number of sulfone groups is 1. The normalized spacial score (nSPS) is 28.8. The smallest absolute Gasteiger partial charge is 0.317 e. The second-order valence-electron chi connectivity index (χ2n) is 4.37. The molecule has 0 spiro atoms. The first-order valence-corrected chi connectivity index (χ1v) is 6.91. The molecule has 7 heteroatoms. The highest BCUT2D eigenvalue weighted by Crippen LogP contribution is 2.20. The van der Waals surface area contributed by atoms with Crippen LogP contribution in [0.15, 0.2) is 0 Å². The van der Waals surface area contributed by atoms with Crippen molar-refractivity contribution in [1.82, 2.24) is 4.90 Å². The molecule has 0 amide bonds. The Bertz CT molecular complexity index is 364. The lowest BCUT2D eigenvalue weighted by Crippen LogP contribution is -2.49. The van der Waals surface area contributed by atoms with Crippen LogP contribution in [0.4, 0.5) is 0 Å². The van der Waals surface area contributed by atoms with E-state index in [-0.39, 0.29) is 24.1 Å². The average molecular weight is 251 g/mol. The van der Waals surface area contributed by atoms with Crippen molar-refractivity contribution in [3.8, 4) is 0 Å². The number of aliphatic hydroxyl groups is 1. The first-order valence-electron chi connectivity index (χ1n) is 5.09. The molecular weight excluding hydrogens is 234 g/mol. The molecule has 0 radical (unpaired) electrons. The second kappa shape index (κ2) is 4.68. The minimum atomic E-state index is -3.24. The van der Waals surface area contributed by atoms with E-state index in [2.05, 4.69) is 0 Å². The predicted octanol–water partition coefficient (Wildman–Crippen LogP) is -1.06. The molecule has 1 heterocycles. The molecule has 1 rings (SSSR count). The zero-order valence-corrected chi connectivity index (χ0v) is 10.1. The largest absolute Gasteiger partial charge is 0.480 e. The quantitative estimate of drug-likeness (QED) is 0.661. The van der Waals surface area contributed by atoms with Gasteiger partial charge >= 0.3 is 5.97 Å². The topological polar surface area (TPSA) is 94.9 Å². The SMILES string of the molecule is CC(C)N(CC(=O)O)C1CS(=O)(=O)CC1O. The zero-order chi connectivity index (χ0) is 12.5. The molecule has 0 aliphatic carbocycles. The van der Waals surface area contributed by atoms with Gasteiger partial charge in [0.25, 0.3) is 0 Å². The van der Waals surface area contributed by atoms with Gasteiger partial charge in [0, 0.05) is 6.04 Å². The van der Waals surface area contributed by atoms with E-state index in [1.807, 2.05) is 0 Å². The fourth-order valence-electron chi connectivity index (χ4n) is 1.97. The van der Waals surface area contributed by atoms with Gasteiger partial charge in [-0.15, -0.1) is 0 Å². The molecular formula is C9H17NO5S. The van der Waals surface area contributed by atoms with Crippen molar-refractivity contribution in [2.24, 2.45) is 0 Å². The summed E-state index contributed by atoms with van der Waals surface area (Å²) in [7, 11) is -3.24. The monoisotopic (exact) mass is 251 g/mol. The van der Waals surface area contributed by atoms with Gasteiger partial charge in [-0.1, -0.05) is 0 Å². The van der Waals surface area contributed by atoms with E-state index in [0.29, 0.717) is 0 Å². The number of nitrogens with zero attached hydrogens (tertiary/aromatic N) is 1. The zero-order valence-electron chi connectivity index (χ0n) is 9.33. The molecule has 1 aliphatic heterocycles. The Hall–Kier alpha value is -0.660. The lowest BCUT2D eigenvalue weighted by Gasteiger charge is -2.31. The van der Waals surface area contributed by atoms with Crippen LogP contribution in [0, 0.1) is 0 Å². The van der Waals surface area contributed by atoms with Gasteiger partial charge in [-0.3, -0.25) is 9.69 Å². The van der Waals surface area contributed by atoms with E-state index in [4.69, 9.17) is 5.11 Å². The summed E-state index contributed by atoms with van der Waals surface area (Å²) in [5.41, 5.74) is 0. The van der Waals surface area contributed by atoms with E-state index >= 15 is 0 Å². The number of carboxylic acids is 1. The molecule has 0 aromatic carbocycles. The molecule has 16 heavy (non-hydrogen) atoms. The number of aliphatic hydroxyl groups excluding tert-OH is 1. The molecule has 0 aromatic heterocycles. The molecule has 2 N–H and O–H groups in total. The standard InChI is InChI=1S/C9H17NO5S/c1-6(2)10(3-9(12)13)7-4-16(14,15)5-8(7)11/h6-8,11H,3-5H2,1-2H3,(H,12,13). The third kappa shape index (κ3) is 3.16. The molecule has 2 unspecified atom stereocenters. The molecule has 0 bridgehead atoms. The molecule has 6 nitrogen and oxygen atoms in total. The van der Waals surface area contributed by atoms with Crippen LogP contribution < -0.4 is 0 Å². The van der Waals surface area contributed by atoms with Gasteiger partial charge in [0.1, 0.15) is 0 Å². The Balaban J connectivity index is 2.84.